The summed E-state index contributed by atoms with van der Waals surface area (Å²) in [6.07, 6.45) is 3.87. The highest BCUT2D eigenvalue weighted by molar-refractivity contribution is 5.15. The van der Waals surface area contributed by atoms with Crippen LogP contribution in [0.1, 0.15) is 25.3 Å². The lowest BCUT2D eigenvalue weighted by atomic mass is 10.1. The average molecular weight is 232 g/mol. The lowest BCUT2D eigenvalue weighted by Gasteiger charge is -2.30. The second-order valence-corrected chi connectivity index (χ2v) is 5.13. The summed E-state index contributed by atoms with van der Waals surface area (Å²) in [5.41, 5.74) is 1.45. The SMILES string of the molecule is CNCC1CCCN1C(C)Cc1ccccc1. The summed E-state index contributed by atoms with van der Waals surface area (Å²) in [5, 5.41) is 3.32. The Kier molecular flexibility index (Phi) is 4.57. The molecule has 1 aliphatic heterocycles. The lowest BCUT2D eigenvalue weighted by Crippen LogP contribution is -2.43. The second kappa shape index (κ2) is 6.18. The summed E-state index contributed by atoms with van der Waals surface area (Å²) >= 11 is 0. The average Bonchev–Trinajstić information content (AvgIpc) is 2.79. The molecule has 1 aliphatic rings. The van der Waals surface area contributed by atoms with Crippen molar-refractivity contribution in [3.05, 3.63) is 35.9 Å². The van der Waals surface area contributed by atoms with Crippen molar-refractivity contribution in [1.82, 2.24) is 10.2 Å². The van der Waals surface area contributed by atoms with Crippen LogP contribution in [0.4, 0.5) is 0 Å². The van der Waals surface area contributed by atoms with Gasteiger partial charge in [-0.1, -0.05) is 30.3 Å². The quantitative estimate of drug-likeness (QED) is 0.838. The minimum Gasteiger partial charge on any atom is -0.318 e. The first-order valence-electron chi connectivity index (χ1n) is 6.75. The smallest absolute Gasteiger partial charge is 0.0223 e. The van der Waals surface area contributed by atoms with Crippen LogP contribution in [0.2, 0.25) is 0 Å². The molecule has 1 N–H and O–H groups in total. The van der Waals surface area contributed by atoms with Gasteiger partial charge in [-0.2, -0.15) is 0 Å². The molecule has 1 saturated heterocycles. The summed E-state index contributed by atoms with van der Waals surface area (Å²) in [5.74, 6) is 0. The molecule has 1 aromatic carbocycles. The second-order valence-electron chi connectivity index (χ2n) is 5.13. The highest BCUT2D eigenvalue weighted by atomic mass is 15.2. The molecule has 1 heterocycles. The topological polar surface area (TPSA) is 15.3 Å². The summed E-state index contributed by atoms with van der Waals surface area (Å²) < 4.78 is 0. The zero-order chi connectivity index (χ0) is 12.1. The molecular weight excluding hydrogens is 208 g/mol. The van der Waals surface area contributed by atoms with E-state index in [1.807, 2.05) is 0 Å². The van der Waals surface area contributed by atoms with Crippen molar-refractivity contribution >= 4 is 0 Å². The minimum absolute atomic E-state index is 0.651. The third-order valence-corrected chi connectivity index (χ3v) is 3.80. The van der Waals surface area contributed by atoms with E-state index in [-0.39, 0.29) is 0 Å². The van der Waals surface area contributed by atoms with E-state index in [2.05, 4.69) is 54.5 Å². The molecule has 0 aromatic heterocycles. The van der Waals surface area contributed by atoms with Crippen LogP contribution in [-0.4, -0.2) is 37.1 Å². The van der Waals surface area contributed by atoms with Gasteiger partial charge in [0.05, 0.1) is 0 Å². The molecule has 2 atom stereocenters. The van der Waals surface area contributed by atoms with E-state index in [1.165, 1.54) is 31.4 Å². The van der Waals surface area contributed by atoms with E-state index in [4.69, 9.17) is 0 Å². The van der Waals surface area contributed by atoms with Gasteiger partial charge in [-0.3, -0.25) is 4.90 Å². The lowest BCUT2D eigenvalue weighted by molar-refractivity contribution is 0.188. The van der Waals surface area contributed by atoms with E-state index in [0.717, 1.165) is 12.6 Å². The first-order chi connectivity index (χ1) is 8.31. The van der Waals surface area contributed by atoms with Crippen LogP contribution < -0.4 is 5.32 Å². The standard InChI is InChI=1S/C15H24N2/c1-13(11-14-7-4-3-5-8-14)17-10-6-9-15(17)12-16-2/h3-5,7-8,13,15-16H,6,9-12H2,1-2H3. The largest absolute Gasteiger partial charge is 0.318 e. The van der Waals surface area contributed by atoms with E-state index in [1.54, 1.807) is 0 Å². The zero-order valence-corrected chi connectivity index (χ0v) is 11.0. The highest BCUT2D eigenvalue weighted by Crippen LogP contribution is 2.21. The maximum atomic E-state index is 3.32. The molecule has 2 nitrogen and oxygen atoms in total. The Labute approximate surface area is 105 Å². The van der Waals surface area contributed by atoms with E-state index >= 15 is 0 Å². The third-order valence-electron chi connectivity index (χ3n) is 3.80. The van der Waals surface area contributed by atoms with Crippen LogP contribution in [0.5, 0.6) is 0 Å². The van der Waals surface area contributed by atoms with Crippen molar-refractivity contribution in [3.63, 3.8) is 0 Å². The Morgan fingerprint density at radius 2 is 2.12 bits per heavy atom. The van der Waals surface area contributed by atoms with Crippen molar-refractivity contribution in [2.24, 2.45) is 0 Å². The van der Waals surface area contributed by atoms with Crippen molar-refractivity contribution in [3.8, 4) is 0 Å². The van der Waals surface area contributed by atoms with Crippen LogP contribution in [0.3, 0.4) is 0 Å². The van der Waals surface area contributed by atoms with Gasteiger partial charge in [0.2, 0.25) is 0 Å². The van der Waals surface area contributed by atoms with Crippen LogP contribution in [-0.2, 0) is 6.42 Å². The zero-order valence-electron chi connectivity index (χ0n) is 11.0. The number of rotatable bonds is 5. The number of nitrogens with zero attached hydrogens (tertiary/aromatic N) is 1. The molecular formula is C15H24N2. The molecule has 0 spiro atoms. The molecule has 1 aromatic rings. The Bertz CT molecular complexity index is 323. The van der Waals surface area contributed by atoms with Crippen LogP contribution in [0, 0.1) is 0 Å². The Morgan fingerprint density at radius 1 is 1.35 bits per heavy atom. The van der Waals surface area contributed by atoms with Gasteiger partial charge >= 0.3 is 0 Å². The van der Waals surface area contributed by atoms with Crippen molar-refractivity contribution in [1.29, 1.82) is 0 Å². The predicted molar refractivity (Wildman–Crippen MR) is 73.3 cm³/mol. The summed E-state index contributed by atoms with van der Waals surface area (Å²) in [4.78, 5) is 2.67. The minimum atomic E-state index is 0.651. The number of hydrogen-bond acceptors (Lipinski definition) is 2. The number of likely N-dealkylation sites (N-methyl/N-ethyl adjacent to an activating group) is 1. The first kappa shape index (κ1) is 12.6. The van der Waals surface area contributed by atoms with E-state index in [9.17, 15) is 0 Å². The molecule has 0 radical (unpaired) electrons. The van der Waals surface area contributed by atoms with Gasteiger partial charge in [-0.05, 0) is 45.3 Å². The Balaban J connectivity index is 1.93. The number of nitrogens with one attached hydrogen (secondary N) is 1. The third kappa shape index (κ3) is 3.30. The number of likely N-dealkylation sites (tertiary alicyclic amines) is 1. The summed E-state index contributed by atoms with van der Waals surface area (Å²) in [7, 11) is 2.05. The van der Waals surface area contributed by atoms with Gasteiger partial charge < -0.3 is 5.32 Å². The normalized spacial score (nSPS) is 22.8. The molecule has 0 bridgehead atoms. The molecule has 2 rings (SSSR count). The van der Waals surface area contributed by atoms with Gasteiger partial charge in [0, 0.05) is 18.6 Å². The van der Waals surface area contributed by atoms with Gasteiger partial charge in [-0.25, -0.2) is 0 Å². The summed E-state index contributed by atoms with van der Waals surface area (Å²) in [6.45, 7) is 4.75. The molecule has 2 heteroatoms. The molecule has 2 unspecified atom stereocenters. The molecule has 17 heavy (non-hydrogen) atoms. The molecule has 0 amide bonds. The first-order valence-corrected chi connectivity index (χ1v) is 6.75. The number of benzene rings is 1. The summed E-state index contributed by atoms with van der Waals surface area (Å²) in [6, 6.07) is 12.2. The Morgan fingerprint density at radius 3 is 2.82 bits per heavy atom. The van der Waals surface area contributed by atoms with Crippen molar-refractivity contribution in [2.75, 3.05) is 20.1 Å². The van der Waals surface area contributed by atoms with E-state index in [0.29, 0.717) is 6.04 Å². The Hall–Kier alpha value is -0.860. The molecule has 1 fully saturated rings. The fourth-order valence-corrected chi connectivity index (χ4v) is 2.97. The van der Waals surface area contributed by atoms with Crippen molar-refractivity contribution < 1.29 is 0 Å². The maximum absolute atomic E-state index is 3.32. The van der Waals surface area contributed by atoms with Gasteiger partial charge in [0.25, 0.3) is 0 Å². The predicted octanol–water partition coefficient (Wildman–Crippen LogP) is 2.30. The van der Waals surface area contributed by atoms with Crippen LogP contribution >= 0.6 is 0 Å². The molecule has 0 saturated carbocycles. The van der Waals surface area contributed by atoms with E-state index < -0.39 is 0 Å². The van der Waals surface area contributed by atoms with Crippen LogP contribution in [0.25, 0.3) is 0 Å². The van der Waals surface area contributed by atoms with Gasteiger partial charge in [0.15, 0.2) is 0 Å². The molecule has 0 aliphatic carbocycles. The molecule has 94 valence electrons. The monoisotopic (exact) mass is 232 g/mol. The van der Waals surface area contributed by atoms with Gasteiger partial charge in [0.1, 0.15) is 0 Å². The van der Waals surface area contributed by atoms with Gasteiger partial charge in [-0.15, -0.1) is 0 Å². The fourth-order valence-electron chi connectivity index (χ4n) is 2.97. The fraction of sp³-hybridized carbons (Fsp3) is 0.600. The van der Waals surface area contributed by atoms with Crippen molar-refractivity contribution in [2.45, 2.75) is 38.3 Å². The maximum Gasteiger partial charge on any atom is 0.0223 e. The van der Waals surface area contributed by atoms with Crippen LogP contribution in [0.15, 0.2) is 30.3 Å². The highest BCUT2D eigenvalue weighted by Gasteiger charge is 2.27. The number of hydrogen-bond donors (Lipinski definition) is 1.